The average molecular weight is 407 g/mol. The monoisotopic (exact) mass is 407 g/mol. The van der Waals surface area contributed by atoms with E-state index in [0.717, 1.165) is 30.2 Å². The van der Waals surface area contributed by atoms with Gasteiger partial charge in [-0.25, -0.2) is 4.98 Å². The Kier molecular flexibility index (Phi) is 5.65. The Morgan fingerprint density at radius 1 is 1.07 bits per heavy atom. The molecule has 0 atom stereocenters. The van der Waals surface area contributed by atoms with Crippen LogP contribution in [0.2, 0.25) is 0 Å². The summed E-state index contributed by atoms with van der Waals surface area (Å²) in [5, 5.41) is 4.03. The predicted octanol–water partition coefficient (Wildman–Crippen LogP) is 3.23. The summed E-state index contributed by atoms with van der Waals surface area (Å²) in [4.78, 5) is 25.7. The average Bonchev–Trinajstić information content (AvgIpc) is 3.30. The third-order valence-corrected chi connectivity index (χ3v) is 5.17. The van der Waals surface area contributed by atoms with Gasteiger partial charge in [-0.15, -0.1) is 0 Å². The molecule has 30 heavy (non-hydrogen) atoms. The van der Waals surface area contributed by atoms with Crippen molar-refractivity contribution in [3.8, 4) is 17.1 Å². The summed E-state index contributed by atoms with van der Waals surface area (Å²) in [6, 6.07) is 11.1. The smallest absolute Gasteiger partial charge is 0.253 e. The van der Waals surface area contributed by atoms with Crippen molar-refractivity contribution in [1.29, 1.82) is 0 Å². The van der Waals surface area contributed by atoms with E-state index in [4.69, 9.17) is 9.26 Å². The number of pyridine rings is 1. The first kappa shape index (κ1) is 19.9. The van der Waals surface area contributed by atoms with Crippen molar-refractivity contribution in [1.82, 2.24) is 20.0 Å². The maximum atomic E-state index is 12.7. The molecule has 1 aliphatic rings. The molecule has 0 unspecified atom stereocenters. The quantitative estimate of drug-likeness (QED) is 0.642. The molecule has 0 N–H and O–H groups in total. The number of carbonyl (C=O) groups is 1. The number of hydrogen-bond donors (Lipinski definition) is 0. The fourth-order valence-corrected chi connectivity index (χ4v) is 3.35. The normalized spacial score (nSPS) is 14.3. The van der Waals surface area contributed by atoms with Crippen molar-refractivity contribution in [2.45, 2.75) is 19.8 Å². The standard InChI is InChI=1S/C22H25N5O3/c1-15(2)21-24-20(25-30-21)17-6-9-19(23-14-17)26-10-12-27(13-11-26)22(28)16-4-7-18(29-3)8-5-16/h4-9,14-15H,10-13H2,1-3H3. The van der Waals surface area contributed by atoms with Crippen LogP contribution in [0, 0.1) is 0 Å². The zero-order valence-corrected chi connectivity index (χ0v) is 17.4. The van der Waals surface area contributed by atoms with Crippen molar-refractivity contribution in [3.63, 3.8) is 0 Å². The lowest BCUT2D eigenvalue weighted by atomic mass is 10.1. The molecule has 0 bridgehead atoms. The van der Waals surface area contributed by atoms with Gasteiger partial charge in [0.1, 0.15) is 11.6 Å². The molecule has 3 aromatic rings. The number of piperazine rings is 1. The van der Waals surface area contributed by atoms with Gasteiger partial charge in [-0.1, -0.05) is 19.0 Å². The Labute approximate surface area is 175 Å². The van der Waals surface area contributed by atoms with E-state index in [0.29, 0.717) is 30.4 Å². The van der Waals surface area contributed by atoms with Crippen molar-refractivity contribution >= 4 is 11.7 Å². The summed E-state index contributed by atoms with van der Waals surface area (Å²) in [6.07, 6.45) is 1.76. The van der Waals surface area contributed by atoms with Gasteiger partial charge >= 0.3 is 0 Å². The molecular formula is C22H25N5O3. The van der Waals surface area contributed by atoms with Crippen LogP contribution in [0.15, 0.2) is 47.1 Å². The zero-order chi connectivity index (χ0) is 21.1. The SMILES string of the molecule is COc1ccc(C(=O)N2CCN(c3ccc(-c4noc(C(C)C)n4)cn3)CC2)cc1. The minimum absolute atomic E-state index is 0.0404. The van der Waals surface area contributed by atoms with E-state index in [1.165, 1.54) is 0 Å². The van der Waals surface area contributed by atoms with Crippen molar-refractivity contribution in [3.05, 3.63) is 54.0 Å². The Balaban J connectivity index is 1.37. The van der Waals surface area contributed by atoms with Crippen LogP contribution in [0.3, 0.4) is 0 Å². The van der Waals surface area contributed by atoms with Crippen LogP contribution in [0.4, 0.5) is 5.82 Å². The summed E-state index contributed by atoms with van der Waals surface area (Å²) in [6.45, 7) is 6.78. The minimum atomic E-state index is 0.0404. The molecule has 0 spiro atoms. The fraction of sp³-hybridized carbons (Fsp3) is 0.364. The number of nitrogens with zero attached hydrogens (tertiary/aromatic N) is 5. The first-order valence-corrected chi connectivity index (χ1v) is 10.0. The van der Waals surface area contributed by atoms with Gasteiger partial charge in [0, 0.05) is 49.4 Å². The number of hydrogen-bond acceptors (Lipinski definition) is 7. The first-order valence-electron chi connectivity index (χ1n) is 10.0. The summed E-state index contributed by atoms with van der Waals surface area (Å²) < 4.78 is 10.4. The molecular weight excluding hydrogens is 382 g/mol. The van der Waals surface area contributed by atoms with Gasteiger partial charge in [0.05, 0.1) is 7.11 Å². The van der Waals surface area contributed by atoms with Gasteiger partial charge in [-0.2, -0.15) is 4.98 Å². The molecule has 0 aliphatic carbocycles. The molecule has 0 saturated carbocycles. The van der Waals surface area contributed by atoms with E-state index in [1.807, 2.05) is 43.0 Å². The van der Waals surface area contributed by atoms with E-state index in [2.05, 4.69) is 20.0 Å². The van der Waals surface area contributed by atoms with Crippen LogP contribution in [0.25, 0.3) is 11.4 Å². The highest BCUT2D eigenvalue weighted by Crippen LogP contribution is 2.22. The number of anilines is 1. The van der Waals surface area contributed by atoms with Crippen LogP contribution >= 0.6 is 0 Å². The molecule has 1 aliphatic heterocycles. The summed E-state index contributed by atoms with van der Waals surface area (Å²) in [5.74, 6) is 3.02. The van der Waals surface area contributed by atoms with Gasteiger partial charge in [0.25, 0.3) is 5.91 Å². The Bertz CT molecular complexity index is 990. The summed E-state index contributed by atoms with van der Waals surface area (Å²) >= 11 is 0. The topological polar surface area (TPSA) is 84.6 Å². The number of aromatic nitrogens is 3. The highest BCUT2D eigenvalue weighted by molar-refractivity contribution is 5.94. The van der Waals surface area contributed by atoms with Crippen LogP contribution < -0.4 is 9.64 Å². The molecule has 8 nitrogen and oxygen atoms in total. The summed E-state index contributed by atoms with van der Waals surface area (Å²) in [5.41, 5.74) is 1.50. The fourth-order valence-electron chi connectivity index (χ4n) is 3.35. The Hall–Kier alpha value is -3.42. The lowest BCUT2D eigenvalue weighted by Crippen LogP contribution is -2.49. The maximum Gasteiger partial charge on any atom is 0.253 e. The van der Waals surface area contributed by atoms with E-state index >= 15 is 0 Å². The molecule has 1 amide bonds. The van der Waals surface area contributed by atoms with Gasteiger partial charge in [0.2, 0.25) is 11.7 Å². The number of benzene rings is 1. The third-order valence-electron chi connectivity index (χ3n) is 5.17. The van der Waals surface area contributed by atoms with Gasteiger partial charge in [0.15, 0.2) is 0 Å². The highest BCUT2D eigenvalue weighted by atomic mass is 16.5. The molecule has 8 heteroatoms. The van der Waals surface area contributed by atoms with Crippen LogP contribution in [0.5, 0.6) is 5.75 Å². The number of rotatable bonds is 5. The molecule has 3 heterocycles. The molecule has 1 saturated heterocycles. The third kappa shape index (κ3) is 4.12. The summed E-state index contributed by atoms with van der Waals surface area (Å²) in [7, 11) is 1.61. The molecule has 156 valence electrons. The number of ether oxygens (including phenoxy) is 1. The first-order chi connectivity index (χ1) is 14.5. The minimum Gasteiger partial charge on any atom is -0.497 e. The largest absolute Gasteiger partial charge is 0.497 e. The Morgan fingerprint density at radius 2 is 1.80 bits per heavy atom. The Morgan fingerprint density at radius 3 is 2.37 bits per heavy atom. The molecule has 4 rings (SSSR count). The van der Waals surface area contributed by atoms with Gasteiger partial charge < -0.3 is 19.1 Å². The lowest BCUT2D eigenvalue weighted by Gasteiger charge is -2.35. The second-order valence-electron chi connectivity index (χ2n) is 7.52. The van der Waals surface area contributed by atoms with Crippen LogP contribution in [-0.4, -0.2) is 59.2 Å². The second kappa shape index (κ2) is 8.52. The van der Waals surface area contributed by atoms with Crippen LogP contribution in [-0.2, 0) is 0 Å². The van der Waals surface area contributed by atoms with Crippen molar-refractivity contribution in [2.75, 3.05) is 38.2 Å². The molecule has 1 aromatic carbocycles. The zero-order valence-electron chi connectivity index (χ0n) is 17.4. The van der Waals surface area contributed by atoms with E-state index in [9.17, 15) is 4.79 Å². The van der Waals surface area contributed by atoms with E-state index in [1.54, 1.807) is 25.4 Å². The molecule has 2 aromatic heterocycles. The number of amides is 1. The van der Waals surface area contributed by atoms with Crippen LogP contribution in [0.1, 0.15) is 36.0 Å². The maximum absolute atomic E-state index is 12.7. The molecule has 0 radical (unpaired) electrons. The van der Waals surface area contributed by atoms with Crippen molar-refractivity contribution < 1.29 is 14.1 Å². The number of methoxy groups -OCH3 is 1. The number of carbonyl (C=O) groups excluding carboxylic acids is 1. The van der Waals surface area contributed by atoms with E-state index in [-0.39, 0.29) is 11.8 Å². The van der Waals surface area contributed by atoms with Gasteiger partial charge in [-0.3, -0.25) is 4.79 Å². The predicted molar refractivity (Wildman–Crippen MR) is 113 cm³/mol. The van der Waals surface area contributed by atoms with Gasteiger partial charge in [-0.05, 0) is 36.4 Å². The van der Waals surface area contributed by atoms with Crippen molar-refractivity contribution in [2.24, 2.45) is 0 Å². The highest BCUT2D eigenvalue weighted by Gasteiger charge is 2.23. The lowest BCUT2D eigenvalue weighted by molar-refractivity contribution is 0.0746. The second-order valence-corrected chi connectivity index (χ2v) is 7.52. The molecule has 1 fully saturated rings. The van der Waals surface area contributed by atoms with E-state index < -0.39 is 0 Å².